The van der Waals surface area contributed by atoms with Crippen molar-refractivity contribution in [1.82, 2.24) is 0 Å². The highest BCUT2D eigenvalue weighted by molar-refractivity contribution is 9.12. The summed E-state index contributed by atoms with van der Waals surface area (Å²) in [7, 11) is 0. The molecule has 1 fully saturated rings. The highest BCUT2D eigenvalue weighted by Gasteiger charge is 2.39. The van der Waals surface area contributed by atoms with E-state index in [1.54, 1.807) is 11.3 Å². The van der Waals surface area contributed by atoms with Crippen LogP contribution in [0.2, 0.25) is 0 Å². The Kier molecular flexibility index (Phi) is 3.85. The molecule has 0 amide bonds. The van der Waals surface area contributed by atoms with Gasteiger partial charge in [0.25, 0.3) is 0 Å². The maximum Gasteiger partial charge on any atom is 0.0758 e. The molecular weight excluding hydrogens is 350 g/mol. The summed E-state index contributed by atoms with van der Waals surface area (Å²) in [4.78, 5) is 0. The van der Waals surface area contributed by atoms with Crippen molar-refractivity contribution in [3.8, 4) is 0 Å². The molecular formula is C12H17Br2NS. The van der Waals surface area contributed by atoms with E-state index in [0.717, 1.165) is 3.79 Å². The van der Waals surface area contributed by atoms with E-state index in [4.69, 9.17) is 5.73 Å². The van der Waals surface area contributed by atoms with Crippen LogP contribution in [0.15, 0.2) is 13.6 Å². The van der Waals surface area contributed by atoms with Gasteiger partial charge in [-0.25, -0.2) is 0 Å². The second-order valence-corrected chi connectivity index (χ2v) is 9.04. The lowest BCUT2D eigenvalue weighted by molar-refractivity contribution is 0.222. The van der Waals surface area contributed by atoms with Crippen LogP contribution in [0.3, 0.4) is 0 Å². The quantitative estimate of drug-likeness (QED) is 0.774. The van der Waals surface area contributed by atoms with Crippen LogP contribution in [-0.4, -0.2) is 0 Å². The van der Waals surface area contributed by atoms with Crippen molar-refractivity contribution in [1.29, 1.82) is 0 Å². The first-order chi connectivity index (χ1) is 7.42. The van der Waals surface area contributed by atoms with Gasteiger partial charge < -0.3 is 5.73 Å². The molecule has 1 aromatic rings. The van der Waals surface area contributed by atoms with E-state index in [1.807, 2.05) is 0 Å². The molecule has 4 heteroatoms. The van der Waals surface area contributed by atoms with Crippen LogP contribution in [0.5, 0.6) is 0 Å². The maximum atomic E-state index is 6.45. The Bertz CT molecular complexity index is 386. The number of rotatable bonds is 2. The maximum absolute atomic E-state index is 6.45. The average Bonchev–Trinajstić information content (AvgIpc) is 2.68. The number of nitrogens with two attached hydrogens (primary N) is 1. The van der Waals surface area contributed by atoms with Gasteiger partial charge in [0.1, 0.15) is 0 Å². The molecule has 1 aliphatic rings. The van der Waals surface area contributed by atoms with Crippen molar-refractivity contribution in [2.75, 3.05) is 0 Å². The van der Waals surface area contributed by atoms with E-state index in [9.17, 15) is 0 Å². The first-order valence-corrected chi connectivity index (χ1v) is 8.02. The second kappa shape index (κ2) is 4.71. The minimum Gasteiger partial charge on any atom is -0.324 e. The molecule has 1 nitrogen and oxygen atoms in total. The monoisotopic (exact) mass is 365 g/mol. The van der Waals surface area contributed by atoms with Crippen LogP contribution in [0, 0.1) is 11.3 Å². The minimum atomic E-state index is 0.162. The summed E-state index contributed by atoms with van der Waals surface area (Å²) in [6.45, 7) is 4.69. The summed E-state index contributed by atoms with van der Waals surface area (Å²) in [5, 5.41) is 0. The molecule has 0 saturated heterocycles. The van der Waals surface area contributed by atoms with Gasteiger partial charge in [-0.05, 0) is 67.7 Å². The average molecular weight is 367 g/mol. The van der Waals surface area contributed by atoms with Crippen LogP contribution in [-0.2, 0) is 0 Å². The third-order valence-corrected chi connectivity index (χ3v) is 6.20. The fraction of sp³-hybridized carbons (Fsp3) is 0.667. The lowest BCUT2D eigenvalue weighted by atomic mass is 9.76. The second-order valence-electron chi connectivity index (χ2n) is 5.29. The molecule has 16 heavy (non-hydrogen) atoms. The number of hydrogen-bond donors (Lipinski definition) is 1. The largest absolute Gasteiger partial charge is 0.324 e. The molecule has 0 radical (unpaired) electrons. The zero-order valence-corrected chi connectivity index (χ0v) is 13.6. The fourth-order valence-electron chi connectivity index (χ4n) is 2.82. The van der Waals surface area contributed by atoms with E-state index in [0.29, 0.717) is 11.3 Å². The number of hydrogen-bond acceptors (Lipinski definition) is 2. The zero-order chi connectivity index (χ0) is 11.9. The molecule has 2 unspecified atom stereocenters. The summed E-state index contributed by atoms with van der Waals surface area (Å²) in [6, 6.07) is 2.32. The van der Waals surface area contributed by atoms with Crippen molar-refractivity contribution in [3.63, 3.8) is 0 Å². The van der Waals surface area contributed by atoms with Gasteiger partial charge in [0.05, 0.1) is 7.57 Å². The van der Waals surface area contributed by atoms with Gasteiger partial charge in [-0.2, -0.15) is 0 Å². The standard InChI is InChI=1S/C12H17Br2NS/c1-12(2)5-3-4-8(12)10(15)7-6-9(13)16-11(7)14/h6,8,10H,3-5,15H2,1-2H3. The molecule has 0 spiro atoms. The highest BCUT2D eigenvalue weighted by atomic mass is 79.9. The Hall–Kier alpha value is 0.620. The SMILES string of the molecule is CC1(C)CCCC1C(N)c1cc(Br)sc1Br. The summed E-state index contributed by atoms with van der Waals surface area (Å²) in [6.07, 6.45) is 3.87. The van der Waals surface area contributed by atoms with E-state index in [2.05, 4.69) is 51.8 Å². The van der Waals surface area contributed by atoms with Crippen LogP contribution in [0.25, 0.3) is 0 Å². The summed E-state index contributed by atoms with van der Waals surface area (Å²) in [5.41, 5.74) is 8.09. The topological polar surface area (TPSA) is 26.0 Å². The summed E-state index contributed by atoms with van der Waals surface area (Å²) in [5.74, 6) is 0.602. The van der Waals surface area contributed by atoms with Gasteiger partial charge in [-0.15, -0.1) is 11.3 Å². The van der Waals surface area contributed by atoms with Gasteiger partial charge in [0, 0.05) is 6.04 Å². The first-order valence-electron chi connectivity index (χ1n) is 5.62. The van der Waals surface area contributed by atoms with Crippen LogP contribution < -0.4 is 5.73 Å². The van der Waals surface area contributed by atoms with Crippen molar-refractivity contribution in [3.05, 3.63) is 19.2 Å². The van der Waals surface area contributed by atoms with Crippen LogP contribution in [0.4, 0.5) is 0 Å². The molecule has 90 valence electrons. The lowest BCUT2D eigenvalue weighted by Crippen LogP contribution is -2.29. The van der Waals surface area contributed by atoms with Gasteiger partial charge in [0.15, 0.2) is 0 Å². The Labute approximate surface area is 118 Å². The van der Waals surface area contributed by atoms with E-state index in [-0.39, 0.29) is 6.04 Å². The Balaban J connectivity index is 2.25. The summed E-state index contributed by atoms with van der Waals surface area (Å²) < 4.78 is 2.33. The third-order valence-electron chi connectivity index (χ3n) is 3.82. The third kappa shape index (κ3) is 2.40. The molecule has 0 aromatic carbocycles. The van der Waals surface area contributed by atoms with Crippen LogP contribution in [0.1, 0.15) is 44.7 Å². The minimum absolute atomic E-state index is 0.162. The molecule has 1 aromatic heterocycles. The Morgan fingerprint density at radius 3 is 2.62 bits per heavy atom. The van der Waals surface area contributed by atoms with Gasteiger partial charge in [-0.1, -0.05) is 20.3 Å². The Morgan fingerprint density at radius 2 is 2.19 bits per heavy atom. The smallest absolute Gasteiger partial charge is 0.0758 e. The first kappa shape index (κ1) is 13.1. The molecule has 2 N–H and O–H groups in total. The predicted molar refractivity (Wildman–Crippen MR) is 77.8 cm³/mol. The molecule has 1 heterocycles. The summed E-state index contributed by atoms with van der Waals surface area (Å²) >= 11 is 8.84. The number of thiophene rings is 1. The molecule has 2 rings (SSSR count). The van der Waals surface area contributed by atoms with Crippen molar-refractivity contribution in [2.45, 2.75) is 39.2 Å². The zero-order valence-electron chi connectivity index (χ0n) is 9.59. The molecule has 1 aliphatic carbocycles. The van der Waals surface area contributed by atoms with Gasteiger partial charge in [0.2, 0.25) is 0 Å². The molecule has 1 saturated carbocycles. The van der Waals surface area contributed by atoms with E-state index < -0.39 is 0 Å². The molecule has 2 atom stereocenters. The van der Waals surface area contributed by atoms with Gasteiger partial charge in [-0.3, -0.25) is 0 Å². The number of halogens is 2. The van der Waals surface area contributed by atoms with E-state index >= 15 is 0 Å². The predicted octanol–water partition coefficient (Wildman–Crippen LogP) is 5.10. The fourth-order valence-corrected chi connectivity index (χ4v) is 5.77. The van der Waals surface area contributed by atoms with Crippen LogP contribution >= 0.6 is 43.2 Å². The molecule has 0 bridgehead atoms. The molecule has 0 aliphatic heterocycles. The van der Waals surface area contributed by atoms with E-state index in [1.165, 1.54) is 28.6 Å². The normalized spacial score (nSPS) is 25.9. The Morgan fingerprint density at radius 1 is 1.50 bits per heavy atom. The van der Waals surface area contributed by atoms with Gasteiger partial charge >= 0.3 is 0 Å². The lowest BCUT2D eigenvalue weighted by Gasteiger charge is -2.32. The van der Waals surface area contributed by atoms with Crippen molar-refractivity contribution >= 4 is 43.2 Å². The van der Waals surface area contributed by atoms with Crippen molar-refractivity contribution < 1.29 is 0 Å². The van der Waals surface area contributed by atoms with Crippen molar-refractivity contribution in [2.24, 2.45) is 17.1 Å². The highest BCUT2D eigenvalue weighted by Crippen LogP contribution is 2.49.